The largest absolute Gasteiger partial charge is 0.392 e. The minimum absolute atomic E-state index is 0.000604. The predicted molar refractivity (Wildman–Crippen MR) is 159 cm³/mol. The van der Waals surface area contributed by atoms with Crippen LogP contribution in [0.15, 0.2) is 0 Å². The van der Waals surface area contributed by atoms with Crippen molar-refractivity contribution in [3.05, 3.63) is 0 Å². The summed E-state index contributed by atoms with van der Waals surface area (Å²) in [5.74, 6) is -1.55. The zero-order valence-electron chi connectivity index (χ0n) is 26.2. The molecule has 0 bridgehead atoms. The van der Waals surface area contributed by atoms with Crippen LogP contribution < -0.4 is 27.8 Å². The van der Waals surface area contributed by atoms with Crippen molar-refractivity contribution in [1.82, 2.24) is 10.6 Å². The molecule has 7 unspecified atom stereocenters. The van der Waals surface area contributed by atoms with Crippen molar-refractivity contribution < 1.29 is 54.4 Å². The van der Waals surface area contributed by atoms with E-state index in [2.05, 4.69) is 10.6 Å². The van der Waals surface area contributed by atoms with Gasteiger partial charge in [0.15, 0.2) is 12.6 Å². The van der Waals surface area contributed by atoms with Crippen molar-refractivity contribution in [2.45, 2.75) is 138 Å². The number of ether oxygens (including phenoxy) is 4. The van der Waals surface area contributed by atoms with Gasteiger partial charge >= 0.3 is 0 Å². The maximum absolute atomic E-state index is 12.9. The topological polar surface area (TPSA) is 301 Å². The number of carbonyl (C=O) groups excluding carboxylic acids is 1. The maximum atomic E-state index is 12.9. The number of amidine groups is 1. The molecule has 3 fully saturated rings. The molecule has 15 atom stereocenters. The molecule has 1 saturated carbocycles. The molecule has 262 valence electrons. The Balaban J connectivity index is 1.76. The standard InChI is InChI=1S/C28H54N6O11/c1-4-18(36)24(32)33-10-14-5-6-15(30)26(43-14)44-22-16(31)8-17(34-25(40)19(37)7-13(35)9-29)23(21(22)39)45-27-20(38)12(2)28(3,41)11-42-27/h12-23,26-27,35-39,41H,4-11,29-31H2,1-3H3,(H2,32,33)(H,34,40)/t12-,13-,14+,15?,16+,17-,18?,19+,20?,21?,22?,23?,26-,27-,28?/m1/s1. The van der Waals surface area contributed by atoms with Gasteiger partial charge in [0.2, 0.25) is 5.91 Å². The highest BCUT2D eigenvalue weighted by Crippen LogP contribution is 2.34. The zero-order valence-corrected chi connectivity index (χ0v) is 26.2. The predicted octanol–water partition coefficient (Wildman–Crippen LogP) is -4.32. The number of carbonyl (C=O) groups is 1. The molecule has 15 N–H and O–H groups in total. The highest BCUT2D eigenvalue weighted by atomic mass is 16.7. The van der Waals surface area contributed by atoms with E-state index in [0.29, 0.717) is 19.3 Å². The van der Waals surface area contributed by atoms with Crippen molar-refractivity contribution in [3.8, 4) is 0 Å². The van der Waals surface area contributed by atoms with Crippen molar-refractivity contribution in [3.63, 3.8) is 0 Å². The number of rotatable bonds is 13. The Morgan fingerprint density at radius 3 is 2.38 bits per heavy atom. The van der Waals surface area contributed by atoms with Gasteiger partial charge in [-0.1, -0.05) is 13.8 Å². The summed E-state index contributed by atoms with van der Waals surface area (Å²) in [6.45, 7) is 4.79. The van der Waals surface area contributed by atoms with Gasteiger partial charge in [0, 0.05) is 31.5 Å². The molecule has 0 radical (unpaired) electrons. The number of hydrogen-bond donors (Lipinski definition) is 12. The fourth-order valence-electron chi connectivity index (χ4n) is 5.69. The summed E-state index contributed by atoms with van der Waals surface area (Å²) in [6.07, 6.45) is -10.4. The molecule has 1 aliphatic carbocycles. The molecular weight excluding hydrogens is 596 g/mol. The minimum atomic E-state index is -1.61. The lowest BCUT2D eigenvalue weighted by atomic mass is 9.82. The Bertz CT molecular complexity index is 966. The van der Waals surface area contributed by atoms with Crippen LogP contribution in [-0.4, -0.2) is 147 Å². The van der Waals surface area contributed by atoms with Crippen molar-refractivity contribution in [2.24, 2.45) is 23.1 Å². The Labute approximate surface area is 263 Å². The normalized spacial score (nSPS) is 41.1. The average Bonchev–Trinajstić information content (AvgIpc) is 3.00. The quantitative estimate of drug-likeness (QED) is 0.0662. The number of nitrogens with two attached hydrogens (primary N) is 3. The van der Waals surface area contributed by atoms with Gasteiger partial charge in [-0.2, -0.15) is 0 Å². The van der Waals surface area contributed by atoms with Crippen LogP contribution in [0.3, 0.4) is 0 Å². The van der Waals surface area contributed by atoms with Crippen LogP contribution >= 0.6 is 0 Å². The van der Waals surface area contributed by atoms with Crippen LogP contribution in [0.25, 0.3) is 0 Å². The van der Waals surface area contributed by atoms with Crippen LogP contribution in [0, 0.1) is 11.3 Å². The van der Waals surface area contributed by atoms with Gasteiger partial charge in [-0.05, 0) is 32.6 Å². The summed E-state index contributed by atoms with van der Waals surface area (Å²) < 4.78 is 23.9. The molecule has 0 aromatic heterocycles. The van der Waals surface area contributed by atoms with E-state index in [9.17, 15) is 35.4 Å². The van der Waals surface area contributed by atoms with Gasteiger partial charge < -0.3 is 77.4 Å². The van der Waals surface area contributed by atoms with E-state index < -0.39 is 97.0 Å². The first kappa shape index (κ1) is 37.9. The summed E-state index contributed by atoms with van der Waals surface area (Å²) in [7, 11) is 0. The molecule has 3 rings (SSSR count). The van der Waals surface area contributed by atoms with Crippen molar-refractivity contribution >= 4 is 11.7 Å². The van der Waals surface area contributed by atoms with Crippen molar-refractivity contribution in [1.29, 1.82) is 5.41 Å². The van der Waals surface area contributed by atoms with E-state index in [4.69, 9.17) is 41.6 Å². The van der Waals surface area contributed by atoms with E-state index in [0.717, 1.165) is 0 Å². The van der Waals surface area contributed by atoms with Gasteiger partial charge in [-0.15, -0.1) is 0 Å². The second kappa shape index (κ2) is 16.5. The number of amides is 1. The molecule has 0 aromatic rings. The third-order valence-electron chi connectivity index (χ3n) is 9.05. The summed E-state index contributed by atoms with van der Waals surface area (Å²) in [4.78, 5) is 12.9. The maximum Gasteiger partial charge on any atom is 0.249 e. The number of aliphatic hydroxyl groups excluding tert-OH is 5. The molecule has 1 amide bonds. The highest BCUT2D eigenvalue weighted by molar-refractivity contribution is 5.83. The van der Waals surface area contributed by atoms with Crippen LogP contribution in [-0.2, 0) is 23.7 Å². The van der Waals surface area contributed by atoms with E-state index >= 15 is 0 Å². The summed E-state index contributed by atoms with van der Waals surface area (Å²) in [6, 6.07) is -2.45. The molecule has 3 aliphatic rings. The molecule has 2 heterocycles. The van der Waals surface area contributed by atoms with Gasteiger partial charge in [0.05, 0.1) is 36.5 Å². The monoisotopic (exact) mass is 650 g/mol. The van der Waals surface area contributed by atoms with E-state index in [-0.39, 0.29) is 38.4 Å². The van der Waals surface area contributed by atoms with E-state index in [1.54, 1.807) is 13.8 Å². The van der Waals surface area contributed by atoms with Crippen LogP contribution in [0.4, 0.5) is 0 Å². The second-order valence-electron chi connectivity index (χ2n) is 12.7. The summed E-state index contributed by atoms with van der Waals surface area (Å²) in [5.41, 5.74) is 16.8. The molecule has 0 spiro atoms. The Morgan fingerprint density at radius 1 is 1.07 bits per heavy atom. The Morgan fingerprint density at radius 2 is 1.73 bits per heavy atom. The fraction of sp³-hybridized carbons (Fsp3) is 0.929. The molecule has 17 nitrogen and oxygen atoms in total. The summed E-state index contributed by atoms with van der Waals surface area (Å²) in [5, 5.41) is 76.4. The number of nitrogens with one attached hydrogen (secondary N) is 3. The first-order chi connectivity index (χ1) is 21.1. The van der Waals surface area contributed by atoms with Crippen LogP contribution in [0.5, 0.6) is 0 Å². The first-order valence-electron chi connectivity index (χ1n) is 15.6. The molecule has 0 aromatic carbocycles. The highest BCUT2D eigenvalue weighted by Gasteiger charge is 2.51. The van der Waals surface area contributed by atoms with Gasteiger partial charge in [0.1, 0.15) is 42.5 Å². The third kappa shape index (κ3) is 9.72. The second-order valence-corrected chi connectivity index (χ2v) is 12.7. The summed E-state index contributed by atoms with van der Waals surface area (Å²) >= 11 is 0. The lowest BCUT2D eigenvalue weighted by Crippen LogP contribution is -2.68. The Hall–Kier alpha value is -1.58. The first-order valence-corrected chi connectivity index (χ1v) is 15.6. The fourth-order valence-corrected chi connectivity index (χ4v) is 5.69. The molecule has 2 aliphatic heterocycles. The van der Waals surface area contributed by atoms with Crippen LogP contribution in [0.1, 0.15) is 52.9 Å². The molecule has 17 heteroatoms. The van der Waals surface area contributed by atoms with E-state index in [1.165, 1.54) is 6.92 Å². The van der Waals surface area contributed by atoms with Crippen molar-refractivity contribution in [2.75, 3.05) is 19.7 Å². The van der Waals surface area contributed by atoms with Gasteiger partial charge in [-0.3, -0.25) is 10.2 Å². The molecule has 2 saturated heterocycles. The van der Waals surface area contributed by atoms with Gasteiger partial charge in [-0.25, -0.2) is 0 Å². The van der Waals surface area contributed by atoms with Gasteiger partial charge in [0.25, 0.3) is 0 Å². The number of hydrogen-bond acceptors (Lipinski definition) is 15. The zero-order chi connectivity index (χ0) is 33.6. The average molecular weight is 651 g/mol. The van der Waals surface area contributed by atoms with E-state index in [1.807, 2.05) is 0 Å². The third-order valence-corrected chi connectivity index (χ3v) is 9.05. The molecular formula is C28H54N6O11. The Kier molecular flexibility index (Phi) is 13.9. The SMILES string of the molecule is CCC(O)C(=N)NC[C@@H]1CCC(N)[C@@H](OC2C(O)C(O[C@H]3OCC(C)(O)[C@H](C)C3O)[C@H](NC(=O)[C@@H](O)C[C@@H](O)CN)C[C@@H]2N)O1. The number of aliphatic hydroxyl groups is 6. The minimum Gasteiger partial charge on any atom is -0.392 e. The molecule has 45 heavy (non-hydrogen) atoms. The smallest absolute Gasteiger partial charge is 0.249 e. The lowest BCUT2D eigenvalue weighted by molar-refractivity contribution is -0.314. The van der Waals surface area contributed by atoms with Crippen LogP contribution in [0.2, 0.25) is 0 Å². The lowest BCUT2D eigenvalue weighted by Gasteiger charge is -2.48.